The van der Waals surface area contributed by atoms with Crippen LogP contribution in [0.2, 0.25) is 0 Å². The number of aromatic amines is 1. The largest absolute Gasteiger partial charge is 0.497 e. The Balaban J connectivity index is 1.05. The van der Waals surface area contributed by atoms with Crippen LogP contribution in [0.25, 0.3) is 0 Å². The van der Waals surface area contributed by atoms with Crippen LogP contribution in [-0.4, -0.2) is 90.6 Å². The molecule has 0 spiro atoms. The lowest BCUT2D eigenvalue weighted by atomic mass is 9.49. The minimum atomic E-state index is -1.85. The number of carbonyl (C=O) groups excluding carboxylic acids is 1. The molecule has 1 aromatic heterocycles. The number of fused-ring (bicyclic) bond motifs is 2. The van der Waals surface area contributed by atoms with Gasteiger partial charge in [-0.25, -0.2) is 9.46 Å². The average Bonchev–Trinajstić information content (AvgIpc) is 3.84. The number of hydrogen-bond donors (Lipinski definition) is 2. The topological polar surface area (TPSA) is 176 Å². The molecule has 3 heterocycles. The number of carbonyl (C=O) groups is 1. The first kappa shape index (κ1) is 50.6. The molecule has 15 nitrogen and oxygen atoms in total. The Hall–Kier alpha value is -5.35. The summed E-state index contributed by atoms with van der Waals surface area (Å²) in [5, 5.41) is 12.5. The zero-order valence-corrected chi connectivity index (χ0v) is 42.5. The Morgan fingerprint density at radius 1 is 0.901 bits per heavy atom. The number of hydrogen-bond acceptors (Lipinski definition) is 12. The van der Waals surface area contributed by atoms with Crippen molar-refractivity contribution in [3.63, 3.8) is 0 Å². The molecule has 2 N–H and O–H groups in total. The van der Waals surface area contributed by atoms with Gasteiger partial charge in [0.2, 0.25) is 5.91 Å². The van der Waals surface area contributed by atoms with Gasteiger partial charge < -0.3 is 38.0 Å². The summed E-state index contributed by atoms with van der Waals surface area (Å²) < 4.78 is 49.4. The maximum Gasteiger partial charge on any atom is 0.330 e. The third kappa shape index (κ3) is 10.3. The molecule has 6 aliphatic rings. The first-order chi connectivity index (χ1) is 34.3. The number of amides is 1. The second-order valence-electron chi connectivity index (χ2n) is 20.6. The number of ether oxygens (including phenoxy) is 5. The van der Waals surface area contributed by atoms with Crippen molar-refractivity contribution in [1.82, 2.24) is 19.5 Å². The van der Waals surface area contributed by atoms with E-state index in [0.717, 1.165) is 53.7 Å². The SMILES string of the molecule is COc1ccc(C(OC[C@@]23CO[C@@H]([C@H](n4cc(C#CCNC(=O)CC56CC7CC(CC(C7)C5)C6)c(=O)[nH]c4=O)O2)[C@@H]3OP(OCCC#N)N(C(C)C)C(C)C)(c2ccccc2)c2ccc(OC)cc2)cc1. The van der Waals surface area contributed by atoms with Crippen LogP contribution in [0.15, 0.2) is 94.6 Å². The van der Waals surface area contributed by atoms with E-state index >= 15 is 0 Å². The van der Waals surface area contributed by atoms with Gasteiger partial charge in [-0.05, 0) is 130 Å². The van der Waals surface area contributed by atoms with Gasteiger partial charge in [0.05, 0.1) is 53.1 Å². The second-order valence-corrected chi connectivity index (χ2v) is 22.0. The zero-order valence-electron chi connectivity index (χ0n) is 41.6. The number of rotatable bonds is 20. The van der Waals surface area contributed by atoms with Crippen molar-refractivity contribution in [2.45, 2.75) is 121 Å². The summed E-state index contributed by atoms with van der Waals surface area (Å²) in [4.78, 5) is 43.1. The van der Waals surface area contributed by atoms with Gasteiger partial charge in [-0.1, -0.05) is 66.4 Å². The number of aromatic nitrogens is 2. The molecule has 16 heteroatoms. The summed E-state index contributed by atoms with van der Waals surface area (Å²) in [6.45, 7) is 8.30. The van der Waals surface area contributed by atoms with Crippen LogP contribution in [0.4, 0.5) is 0 Å². The van der Waals surface area contributed by atoms with E-state index in [-0.39, 0.29) is 61.8 Å². The van der Waals surface area contributed by atoms with Gasteiger partial charge in [-0.3, -0.25) is 19.1 Å². The first-order valence-electron chi connectivity index (χ1n) is 24.9. The molecular formula is C55H66N5O10P. The lowest BCUT2D eigenvalue weighted by Crippen LogP contribution is -2.49. The molecule has 4 aromatic rings. The quantitative estimate of drug-likeness (QED) is 0.0379. The fourth-order valence-corrected chi connectivity index (χ4v) is 14.3. The Morgan fingerprint density at radius 2 is 1.49 bits per heavy atom. The van der Waals surface area contributed by atoms with Crippen LogP contribution in [-0.2, 0) is 33.7 Å². The maximum atomic E-state index is 14.0. The van der Waals surface area contributed by atoms with Crippen molar-refractivity contribution in [2.24, 2.45) is 23.2 Å². The summed E-state index contributed by atoms with van der Waals surface area (Å²) in [7, 11) is 1.39. The Morgan fingerprint density at radius 3 is 2.06 bits per heavy atom. The average molecular weight is 988 g/mol. The molecule has 2 saturated heterocycles. The Labute approximate surface area is 417 Å². The fourth-order valence-electron chi connectivity index (χ4n) is 12.5. The van der Waals surface area contributed by atoms with E-state index in [1.54, 1.807) is 14.2 Å². The van der Waals surface area contributed by atoms with E-state index in [1.807, 2.05) is 78.9 Å². The maximum absolute atomic E-state index is 14.0. The molecule has 6 bridgehead atoms. The van der Waals surface area contributed by atoms with Gasteiger partial charge in [0.25, 0.3) is 14.1 Å². The van der Waals surface area contributed by atoms with Crippen molar-refractivity contribution >= 4 is 14.4 Å². The van der Waals surface area contributed by atoms with Crippen molar-refractivity contribution in [3.05, 3.63) is 128 Å². The molecule has 1 amide bonds. The third-order valence-corrected chi connectivity index (χ3v) is 17.2. The second kappa shape index (κ2) is 21.4. The van der Waals surface area contributed by atoms with Crippen LogP contribution < -0.4 is 26.0 Å². The van der Waals surface area contributed by atoms with E-state index in [0.29, 0.717) is 17.9 Å². The molecule has 71 heavy (non-hydrogen) atoms. The zero-order chi connectivity index (χ0) is 49.9. The number of nitrogens with one attached hydrogen (secondary N) is 2. The van der Waals surface area contributed by atoms with Crippen molar-refractivity contribution in [1.29, 1.82) is 5.26 Å². The van der Waals surface area contributed by atoms with Crippen LogP contribution in [0.1, 0.15) is 108 Å². The smallest absolute Gasteiger partial charge is 0.330 e. The van der Waals surface area contributed by atoms with E-state index in [4.69, 9.17) is 32.7 Å². The molecular weight excluding hydrogens is 922 g/mol. The van der Waals surface area contributed by atoms with Crippen molar-refractivity contribution in [2.75, 3.05) is 40.6 Å². The van der Waals surface area contributed by atoms with E-state index in [2.05, 4.69) is 60.6 Å². The van der Waals surface area contributed by atoms with Crippen molar-refractivity contribution in [3.8, 4) is 29.4 Å². The predicted octanol–water partition coefficient (Wildman–Crippen LogP) is 7.96. The van der Waals surface area contributed by atoms with Crippen LogP contribution in [0.3, 0.4) is 0 Å². The lowest BCUT2D eigenvalue weighted by Gasteiger charge is -2.56. The van der Waals surface area contributed by atoms with E-state index in [1.165, 1.54) is 30.0 Å². The molecule has 3 aromatic carbocycles. The van der Waals surface area contributed by atoms with Gasteiger partial charge in [0.15, 0.2) is 6.23 Å². The molecule has 4 saturated carbocycles. The third-order valence-electron chi connectivity index (χ3n) is 15.1. The monoisotopic (exact) mass is 987 g/mol. The predicted molar refractivity (Wildman–Crippen MR) is 267 cm³/mol. The summed E-state index contributed by atoms with van der Waals surface area (Å²) >= 11 is 0. The molecule has 1 unspecified atom stereocenters. The van der Waals surface area contributed by atoms with E-state index < -0.39 is 49.4 Å². The van der Waals surface area contributed by atoms with Crippen LogP contribution in [0.5, 0.6) is 11.5 Å². The molecule has 4 aliphatic carbocycles. The van der Waals surface area contributed by atoms with Gasteiger partial charge >= 0.3 is 5.69 Å². The van der Waals surface area contributed by atoms with Gasteiger partial charge in [0, 0.05) is 24.7 Å². The summed E-state index contributed by atoms with van der Waals surface area (Å²) in [5.74, 6) is 9.42. The van der Waals surface area contributed by atoms with Crippen LogP contribution in [0, 0.1) is 46.3 Å². The minimum Gasteiger partial charge on any atom is -0.497 e. The molecule has 10 rings (SSSR count). The minimum absolute atomic E-state index is 0.0176. The molecule has 6 fully saturated rings. The fraction of sp³-hybridized carbons (Fsp3) is 0.527. The standard InChI is InChI=1S/C55H66N5O10P/c1-36(2)60(37(3)4)71(68-25-11-23-56)70-49-48-51(59-33-41(50(62)58-52(59)63)12-10-24-57-47(61)32-53-29-38-26-39(30-53)28-40(27-38)31-53)69-54(49,34-66-48)35-67-55(42-13-8-7-9-14-42,43-15-19-45(64-5)20-16-43)44-17-21-46(65-6)22-18-44/h7-9,13-22,33,36-40,48-49,51H,11,24-32,34-35H2,1-6H3,(H,57,61)(H,58,62,63)/t38?,39?,40?,48-,49+,51-,53?,54-,71?/m1/s1. The van der Waals surface area contributed by atoms with Crippen molar-refractivity contribution < 1.29 is 37.5 Å². The molecule has 0 radical (unpaired) electrons. The Bertz CT molecular complexity index is 2640. The highest BCUT2D eigenvalue weighted by molar-refractivity contribution is 7.44. The highest BCUT2D eigenvalue weighted by Crippen LogP contribution is 2.61. The number of methoxy groups -OCH3 is 2. The Kier molecular flexibility index (Phi) is 15.2. The number of H-pyrrole nitrogens is 1. The molecule has 376 valence electrons. The summed E-state index contributed by atoms with van der Waals surface area (Å²) in [6, 6.07) is 27.4. The van der Waals surface area contributed by atoms with Gasteiger partial charge in [-0.2, -0.15) is 5.26 Å². The number of nitrogens with zero attached hydrogens (tertiary/aromatic N) is 3. The highest BCUT2D eigenvalue weighted by atomic mass is 31.2. The summed E-state index contributed by atoms with van der Waals surface area (Å²) in [6.07, 6.45) is 6.45. The molecule has 2 aliphatic heterocycles. The number of nitriles is 1. The van der Waals surface area contributed by atoms with E-state index in [9.17, 15) is 19.6 Å². The molecule has 5 atom stereocenters. The summed E-state index contributed by atoms with van der Waals surface area (Å²) in [5.41, 5.74) is -1.49. The first-order valence-corrected chi connectivity index (χ1v) is 26.1. The number of benzene rings is 3. The lowest BCUT2D eigenvalue weighted by molar-refractivity contribution is -0.203. The van der Waals surface area contributed by atoms with Gasteiger partial charge in [-0.15, -0.1) is 0 Å². The van der Waals surface area contributed by atoms with Crippen LogP contribution >= 0.6 is 8.53 Å². The highest BCUT2D eigenvalue weighted by Gasteiger charge is 2.65. The van der Waals surface area contributed by atoms with Gasteiger partial charge in [0.1, 0.15) is 40.5 Å². The normalized spacial score (nSPS) is 26.6.